The van der Waals surface area contributed by atoms with Crippen LogP contribution < -0.4 is 10.5 Å². The van der Waals surface area contributed by atoms with Crippen molar-refractivity contribution >= 4 is 23.1 Å². The Kier molecular flexibility index (Phi) is 4.07. The van der Waals surface area contributed by atoms with E-state index in [1.54, 1.807) is 12.1 Å². The van der Waals surface area contributed by atoms with E-state index in [9.17, 15) is 4.79 Å². The van der Waals surface area contributed by atoms with Crippen LogP contribution >= 0.6 is 12.2 Å². The third kappa shape index (κ3) is 3.16. The van der Waals surface area contributed by atoms with Gasteiger partial charge in [-0.05, 0) is 25.0 Å². The first-order chi connectivity index (χ1) is 10.1. The molecule has 0 spiro atoms. The van der Waals surface area contributed by atoms with Crippen LogP contribution in [0.3, 0.4) is 0 Å². The number of hydrogen-bond acceptors (Lipinski definition) is 4. The predicted molar refractivity (Wildman–Crippen MR) is 82.3 cm³/mol. The van der Waals surface area contributed by atoms with E-state index >= 15 is 0 Å². The highest BCUT2D eigenvalue weighted by Gasteiger charge is 2.35. The van der Waals surface area contributed by atoms with Gasteiger partial charge in [0, 0.05) is 13.1 Å². The van der Waals surface area contributed by atoms with Gasteiger partial charge >= 0.3 is 0 Å². The number of hydrogen-bond donors (Lipinski definition) is 1. The lowest BCUT2D eigenvalue weighted by molar-refractivity contribution is -0.141. The van der Waals surface area contributed by atoms with Gasteiger partial charge in [-0.15, -0.1) is 0 Å². The maximum atomic E-state index is 12.3. The molecule has 1 aromatic rings. The molecular formula is C15H18N2O3S. The highest BCUT2D eigenvalue weighted by atomic mass is 32.1. The van der Waals surface area contributed by atoms with Crippen molar-refractivity contribution in [1.82, 2.24) is 4.90 Å². The lowest BCUT2D eigenvalue weighted by Gasteiger charge is -2.32. The maximum Gasteiger partial charge on any atom is 0.260 e. The summed E-state index contributed by atoms with van der Waals surface area (Å²) in [6.45, 7) is 1.32. The molecule has 2 bridgehead atoms. The monoisotopic (exact) mass is 306 g/mol. The summed E-state index contributed by atoms with van der Waals surface area (Å²) in [4.78, 5) is 14.3. The van der Waals surface area contributed by atoms with Crippen molar-refractivity contribution in [3.05, 3.63) is 29.8 Å². The second-order valence-electron chi connectivity index (χ2n) is 5.41. The van der Waals surface area contributed by atoms with Crippen LogP contribution in [-0.2, 0) is 9.53 Å². The maximum absolute atomic E-state index is 12.3. The fourth-order valence-corrected chi connectivity index (χ4v) is 3.01. The van der Waals surface area contributed by atoms with E-state index < -0.39 is 0 Å². The zero-order chi connectivity index (χ0) is 14.8. The van der Waals surface area contributed by atoms with Crippen LogP contribution in [-0.4, -0.2) is 47.7 Å². The number of rotatable bonds is 4. The van der Waals surface area contributed by atoms with Crippen LogP contribution in [0.25, 0.3) is 0 Å². The molecule has 2 unspecified atom stereocenters. The number of amides is 1. The fraction of sp³-hybridized carbons (Fsp3) is 0.467. The molecule has 6 heteroatoms. The minimum atomic E-state index is -0.0204. The SMILES string of the molecule is NC(=S)c1ccccc1OCC(=O)N1CC2CCC(C1)O2. The first-order valence-corrected chi connectivity index (χ1v) is 7.49. The van der Waals surface area contributed by atoms with Gasteiger partial charge in [0.1, 0.15) is 10.7 Å². The molecule has 2 N–H and O–H groups in total. The lowest BCUT2D eigenvalue weighted by atomic mass is 10.2. The van der Waals surface area contributed by atoms with E-state index in [0.29, 0.717) is 24.4 Å². The Labute approximate surface area is 129 Å². The van der Waals surface area contributed by atoms with Crippen LogP contribution in [0.2, 0.25) is 0 Å². The molecule has 0 radical (unpaired) electrons. The molecular weight excluding hydrogens is 288 g/mol. The summed E-state index contributed by atoms with van der Waals surface area (Å²) in [5.74, 6) is 0.530. The van der Waals surface area contributed by atoms with Crippen LogP contribution in [0.1, 0.15) is 18.4 Å². The molecule has 2 atom stereocenters. The van der Waals surface area contributed by atoms with Gasteiger partial charge in [-0.1, -0.05) is 24.4 Å². The van der Waals surface area contributed by atoms with Crippen molar-refractivity contribution in [2.75, 3.05) is 19.7 Å². The number of nitrogens with zero attached hydrogens (tertiary/aromatic N) is 1. The minimum Gasteiger partial charge on any atom is -0.483 e. The van der Waals surface area contributed by atoms with Gasteiger partial charge in [0.05, 0.1) is 17.8 Å². The standard InChI is InChI=1S/C15H18N2O3S/c16-15(21)12-3-1-2-4-13(12)19-9-14(18)17-7-10-5-6-11(8-17)20-10/h1-4,10-11H,5-9H2,(H2,16,21). The van der Waals surface area contributed by atoms with Crippen molar-refractivity contribution in [3.8, 4) is 5.75 Å². The molecule has 21 heavy (non-hydrogen) atoms. The molecule has 5 nitrogen and oxygen atoms in total. The third-order valence-electron chi connectivity index (χ3n) is 3.90. The van der Waals surface area contributed by atoms with Crippen molar-refractivity contribution in [2.45, 2.75) is 25.0 Å². The zero-order valence-corrected chi connectivity index (χ0v) is 12.5. The summed E-state index contributed by atoms with van der Waals surface area (Å²) in [5, 5.41) is 0. The summed E-state index contributed by atoms with van der Waals surface area (Å²) in [5.41, 5.74) is 6.30. The molecule has 0 aromatic heterocycles. The average molecular weight is 306 g/mol. The second kappa shape index (κ2) is 5.99. The Morgan fingerprint density at radius 3 is 2.67 bits per heavy atom. The van der Waals surface area contributed by atoms with E-state index in [1.165, 1.54) is 0 Å². The molecule has 2 saturated heterocycles. The number of carbonyl (C=O) groups is 1. The number of fused-ring (bicyclic) bond motifs is 2. The molecule has 2 aliphatic rings. The average Bonchev–Trinajstić information content (AvgIpc) is 2.83. The van der Waals surface area contributed by atoms with Gasteiger partial charge in [0.2, 0.25) is 0 Å². The summed E-state index contributed by atoms with van der Waals surface area (Å²) < 4.78 is 11.3. The molecule has 0 saturated carbocycles. The van der Waals surface area contributed by atoms with E-state index in [2.05, 4.69) is 0 Å². The zero-order valence-electron chi connectivity index (χ0n) is 11.7. The van der Waals surface area contributed by atoms with Crippen molar-refractivity contribution in [2.24, 2.45) is 5.73 Å². The summed E-state index contributed by atoms with van der Waals surface area (Å²) in [6.07, 6.45) is 2.47. The van der Waals surface area contributed by atoms with Gasteiger partial charge < -0.3 is 20.1 Å². The number of morpholine rings is 1. The fourth-order valence-electron chi connectivity index (χ4n) is 2.85. The van der Waals surface area contributed by atoms with E-state index in [1.807, 2.05) is 17.0 Å². The molecule has 112 valence electrons. The van der Waals surface area contributed by atoms with Crippen LogP contribution in [0.4, 0.5) is 0 Å². The van der Waals surface area contributed by atoms with Crippen molar-refractivity contribution < 1.29 is 14.3 Å². The van der Waals surface area contributed by atoms with Crippen LogP contribution in [0.15, 0.2) is 24.3 Å². The molecule has 1 aromatic carbocycles. The van der Waals surface area contributed by atoms with Gasteiger partial charge in [-0.25, -0.2) is 0 Å². The quantitative estimate of drug-likeness (QED) is 0.844. The van der Waals surface area contributed by atoms with Crippen molar-refractivity contribution in [1.29, 1.82) is 0 Å². The van der Waals surface area contributed by atoms with Gasteiger partial charge in [0.25, 0.3) is 5.91 Å². The van der Waals surface area contributed by atoms with E-state index in [-0.39, 0.29) is 29.7 Å². The third-order valence-corrected chi connectivity index (χ3v) is 4.12. The number of para-hydroxylation sites is 1. The van der Waals surface area contributed by atoms with Gasteiger partial charge in [-0.3, -0.25) is 4.79 Å². The Bertz CT molecular complexity index is 552. The van der Waals surface area contributed by atoms with Crippen molar-refractivity contribution in [3.63, 3.8) is 0 Å². The number of ether oxygens (including phenoxy) is 2. The van der Waals surface area contributed by atoms with Crippen LogP contribution in [0, 0.1) is 0 Å². The molecule has 3 rings (SSSR count). The predicted octanol–water partition coefficient (Wildman–Crippen LogP) is 1.09. The van der Waals surface area contributed by atoms with E-state index in [0.717, 1.165) is 12.8 Å². The second-order valence-corrected chi connectivity index (χ2v) is 5.85. The number of carbonyl (C=O) groups excluding carboxylic acids is 1. The Hall–Kier alpha value is -1.66. The number of nitrogens with two attached hydrogens (primary N) is 1. The van der Waals surface area contributed by atoms with E-state index in [4.69, 9.17) is 27.4 Å². The van der Waals surface area contributed by atoms with Crippen LogP contribution in [0.5, 0.6) is 5.75 Å². The first-order valence-electron chi connectivity index (χ1n) is 7.08. The molecule has 0 aliphatic carbocycles. The summed E-state index contributed by atoms with van der Waals surface area (Å²) in [6, 6.07) is 7.22. The highest BCUT2D eigenvalue weighted by molar-refractivity contribution is 7.80. The first kappa shape index (κ1) is 14.3. The summed E-state index contributed by atoms with van der Waals surface area (Å²) >= 11 is 4.98. The molecule has 1 amide bonds. The normalized spacial score (nSPS) is 23.9. The van der Waals surface area contributed by atoms with Gasteiger partial charge in [0.15, 0.2) is 6.61 Å². The largest absolute Gasteiger partial charge is 0.483 e. The highest BCUT2D eigenvalue weighted by Crippen LogP contribution is 2.26. The van der Waals surface area contributed by atoms with Gasteiger partial charge in [-0.2, -0.15) is 0 Å². The Balaban J connectivity index is 1.60. The topological polar surface area (TPSA) is 64.8 Å². The number of likely N-dealkylation sites (tertiary alicyclic amines) is 1. The number of thiocarbonyl (C=S) groups is 1. The Morgan fingerprint density at radius 2 is 2.00 bits per heavy atom. The minimum absolute atomic E-state index is 0.000926. The molecule has 2 aliphatic heterocycles. The summed E-state index contributed by atoms with van der Waals surface area (Å²) in [7, 11) is 0. The smallest absolute Gasteiger partial charge is 0.260 e. The molecule has 2 fully saturated rings. The molecule has 2 heterocycles. The lowest BCUT2D eigenvalue weighted by Crippen LogP contribution is -2.47. The number of benzene rings is 1. The Morgan fingerprint density at radius 1 is 1.33 bits per heavy atom.